The van der Waals surface area contributed by atoms with Crippen LogP contribution in [-0.2, 0) is 9.47 Å². The molecule has 0 radical (unpaired) electrons. The van der Waals surface area contributed by atoms with Crippen LogP contribution in [0.4, 0.5) is 0 Å². The Kier molecular flexibility index (Phi) is 7.04. The van der Waals surface area contributed by atoms with Crippen molar-refractivity contribution in [3.63, 3.8) is 0 Å². The first-order valence-corrected chi connectivity index (χ1v) is 14.0. The van der Waals surface area contributed by atoms with E-state index in [0.717, 1.165) is 11.1 Å². The molecule has 0 unspecified atom stereocenters. The van der Waals surface area contributed by atoms with Crippen LogP contribution in [-0.4, -0.2) is 35.3 Å². The Morgan fingerprint density at radius 1 is 0.833 bits per heavy atom. The lowest BCUT2D eigenvalue weighted by molar-refractivity contribution is 0.0480. The predicted octanol–water partition coefficient (Wildman–Crippen LogP) is 8.05. The zero-order chi connectivity index (χ0) is 29.5. The van der Waals surface area contributed by atoms with Crippen molar-refractivity contribution in [1.29, 1.82) is 0 Å². The van der Waals surface area contributed by atoms with Gasteiger partial charge in [0.1, 0.15) is 22.6 Å². The summed E-state index contributed by atoms with van der Waals surface area (Å²) in [5.74, 6) is -1.43. The van der Waals surface area contributed by atoms with Crippen LogP contribution < -0.4 is 0 Å². The smallest absolute Gasteiger partial charge is 0.341 e. The van der Waals surface area contributed by atoms with Gasteiger partial charge >= 0.3 is 11.9 Å². The SMILES string of the molecule is CCOC(=O)c1c(C(=O)OCC)c2ccc3c(Cl)cc4cc(-c5ccc(C)cc5)oc4c3n2c1C(=O)c1ccccc1. The van der Waals surface area contributed by atoms with Crippen molar-refractivity contribution in [2.45, 2.75) is 20.8 Å². The number of benzene rings is 3. The number of carbonyl (C=O) groups is 3. The van der Waals surface area contributed by atoms with E-state index in [0.29, 0.717) is 43.7 Å². The molecule has 3 heterocycles. The summed E-state index contributed by atoms with van der Waals surface area (Å²) in [7, 11) is 0. The zero-order valence-corrected chi connectivity index (χ0v) is 24.0. The second-order valence-electron chi connectivity index (χ2n) is 9.80. The number of carbonyl (C=O) groups excluding carboxylic acids is 3. The van der Waals surface area contributed by atoms with Gasteiger partial charge in [-0.25, -0.2) is 9.59 Å². The molecular formula is C34H26ClNO6. The normalized spacial score (nSPS) is 11.3. The lowest BCUT2D eigenvalue weighted by Crippen LogP contribution is -2.17. The zero-order valence-electron chi connectivity index (χ0n) is 23.2. The largest absolute Gasteiger partial charge is 0.462 e. The van der Waals surface area contributed by atoms with Gasteiger partial charge in [-0.05, 0) is 45.0 Å². The van der Waals surface area contributed by atoms with Gasteiger partial charge in [0.2, 0.25) is 5.78 Å². The van der Waals surface area contributed by atoms with Gasteiger partial charge in [-0.15, -0.1) is 0 Å². The molecule has 0 aliphatic rings. The van der Waals surface area contributed by atoms with Crippen molar-refractivity contribution in [2.24, 2.45) is 0 Å². The molecule has 0 saturated heterocycles. The summed E-state index contributed by atoms with van der Waals surface area (Å²) in [6.45, 7) is 5.45. The van der Waals surface area contributed by atoms with Gasteiger partial charge in [-0.1, -0.05) is 71.8 Å². The number of hydrogen-bond donors (Lipinski definition) is 0. The molecule has 0 fully saturated rings. The van der Waals surface area contributed by atoms with Crippen molar-refractivity contribution in [3.05, 3.63) is 112 Å². The van der Waals surface area contributed by atoms with Crippen LogP contribution in [0.15, 0.2) is 83.3 Å². The molecule has 0 amide bonds. The van der Waals surface area contributed by atoms with Gasteiger partial charge in [0.05, 0.1) is 29.3 Å². The maximum Gasteiger partial charge on any atom is 0.341 e. The Morgan fingerprint density at radius 2 is 1.50 bits per heavy atom. The molecule has 0 aliphatic carbocycles. The minimum Gasteiger partial charge on any atom is -0.462 e. The lowest BCUT2D eigenvalue weighted by atomic mass is 10.0. The number of pyridine rings is 1. The van der Waals surface area contributed by atoms with Crippen molar-refractivity contribution in [1.82, 2.24) is 4.40 Å². The second kappa shape index (κ2) is 10.8. The number of nitrogens with zero attached hydrogens (tertiary/aromatic N) is 1. The Morgan fingerprint density at radius 3 is 2.17 bits per heavy atom. The maximum atomic E-state index is 14.3. The van der Waals surface area contributed by atoms with E-state index in [-0.39, 0.29) is 30.0 Å². The second-order valence-corrected chi connectivity index (χ2v) is 10.2. The highest BCUT2D eigenvalue weighted by Gasteiger charge is 2.35. The van der Waals surface area contributed by atoms with E-state index < -0.39 is 17.7 Å². The van der Waals surface area contributed by atoms with E-state index in [2.05, 4.69) is 0 Å². The average Bonchev–Trinajstić information content (AvgIpc) is 3.57. The molecule has 210 valence electrons. The van der Waals surface area contributed by atoms with Gasteiger partial charge in [0.15, 0.2) is 5.58 Å². The number of ether oxygens (including phenoxy) is 2. The summed E-state index contributed by atoms with van der Waals surface area (Å²) in [6, 6.07) is 23.5. The summed E-state index contributed by atoms with van der Waals surface area (Å²) in [5, 5.41) is 1.68. The molecule has 8 heteroatoms. The van der Waals surface area contributed by atoms with Crippen LogP contribution in [0.2, 0.25) is 5.02 Å². The van der Waals surface area contributed by atoms with Gasteiger partial charge in [0.25, 0.3) is 0 Å². The molecule has 0 saturated carbocycles. The van der Waals surface area contributed by atoms with Crippen molar-refractivity contribution < 1.29 is 28.3 Å². The van der Waals surface area contributed by atoms with Gasteiger partial charge < -0.3 is 18.3 Å². The number of halogens is 1. The van der Waals surface area contributed by atoms with Gasteiger partial charge in [0, 0.05) is 21.9 Å². The molecule has 0 spiro atoms. The number of fused-ring (bicyclic) bond motifs is 5. The number of furan rings is 1. The summed E-state index contributed by atoms with van der Waals surface area (Å²) < 4.78 is 18.8. The van der Waals surface area contributed by atoms with Crippen LogP contribution in [0.25, 0.3) is 38.7 Å². The van der Waals surface area contributed by atoms with Crippen LogP contribution in [0.1, 0.15) is 56.2 Å². The van der Waals surface area contributed by atoms with E-state index in [1.807, 2.05) is 37.3 Å². The third kappa shape index (κ3) is 4.43. The molecule has 0 bridgehead atoms. The quantitative estimate of drug-likeness (QED) is 0.140. The highest BCUT2D eigenvalue weighted by atomic mass is 35.5. The third-order valence-corrected chi connectivity index (χ3v) is 7.47. The number of rotatable bonds is 7. The minimum atomic E-state index is -0.810. The van der Waals surface area contributed by atoms with E-state index >= 15 is 0 Å². The summed E-state index contributed by atoms with van der Waals surface area (Å²) in [6.07, 6.45) is 0. The van der Waals surface area contributed by atoms with E-state index in [1.54, 1.807) is 66.8 Å². The molecule has 7 nitrogen and oxygen atoms in total. The molecule has 0 aliphatic heterocycles. The lowest BCUT2D eigenvalue weighted by Gasteiger charge is -2.10. The number of aryl methyl sites for hydroxylation is 1. The third-order valence-electron chi connectivity index (χ3n) is 7.16. The Hall–Kier alpha value is -4.88. The van der Waals surface area contributed by atoms with E-state index in [9.17, 15) is 14.4 Å². The number of aromatic nitrogens is 1. The molecule has 0 atom stereocenters. The Labute approximate surface area is 246 Å². The fraction of sp³-hybridized carbons (Fsp3) is 0.147. The Balaban J connectivity index is 1.80. The van der Waals surface area contributed by atoms with Crippen molar-refractivity contribution in [2.75, 3.05) is 13.2 Å². The number of esters is 2. The van der Waals surface area contributed by atoms with Crippen LogP contribution in [0.5, 0.6) is 0 Å². The fourth-order valence-electron chi connectivity index (χ4n) is 5.28. The van der Waals surface area contributed by atoms with Crippen molar-refractivity contribution in [3.8, 4) is 11.3 Å². The minimum absolute atomic E-state index is 0.0415. The highest BCUT2D eigenvalue weighted by molar-refractivity contribution is 6.37. The number of ketones is 1. The fourth-order valence-corrected chi connectivity index (χ4v) is 5.55. The van der Waals surface area contributed by atoms with Crippen molar-refractivity contribution >= 4 is 56.7 Å². The van der Waals surface area contributed by atoms with Gasteiger partial charge in [-0.3, -0.25) is 4.79 Å². The van der Waals surface area contributed by atoms with Crippen LogP contribution >= 0.6 is 11.6 Å². The topological polar surface area (TPSA) is 87.2 Å². The van der Waals surface area contributed by atoms with Crippen LogP contribution in [0, 0.1) is 6.92 Å². The molecular weight excluding hydrogens is 554 g/mol. The summed E-state index contributed by atoms with van der Waals surface area (Å²) >= 11 is 6.81. The van der Waals surface area contributed by atoms with E-state index in [1.165, 1.54) is 0 Å². The molecule has 6 aromatic rings. The van der Waals surface area contributed by atoms with Gasteiger partial charge in [-0.2, -0.15) is 0 Å². The molecule has 6 rings (SSSR count). The summed E-state index contributed by atoms with van der Waals surface area (Å²) in [5.41, 5.74) is 3.20. The van der Waals surface area contributed by atoms with E-state index in [4.69, 9.17) is 25.5 Å². The summed E-state index contributed by atoms with van der Waals surface area (Å²) in [4.78, 5) is 41.2. The molecule has 3 aromatic heterocycles. The standard InChI is InChI=1S/C34H26ClNO6/c1-4-40-33(38)27-25-16-15-23-24(35)17-22-18-26(20-13-11-19(3)12-14-20)42-32(22)29(23)36(25)30(28(27)34(39)41-5-2)31(37)21-9-7-6-8-10-21/h6-18H,4-5H2,1-3H3. The maximum absolute atomic E-state index is 14.3. The van der Waals surface area contributed by atoms with Crippen LogP contribution in [0.3, 0.4) is 0 Å². The monoisotopic (exact) mass is 579 g/mol. The average molecular weight is 580 g/mol. The number of hydrogen-bond acceptors (Lipinski definition) is 6. The first-order valence-electron chi connectivity index (χ1n) is 13.6. The molecule has 0 N–H and O–H groups in total. The molecule has 3 aromatic carbocycles. The first kappa shape index (κ1) is 27.3. The predicted molar refractivity (Wildman–Crippen MR) is 162 cm³/mol. The molecule has 42 heavy (non-hydrogen) atoms. The Bertz CT molecular complexity index is 2020. The first-order chi connectivity index (χ1) is 20.3. The highest BCUT2D eigenvalue weighted by Crippen LogP contribution is 2.40.